The van der Waals surface area contributed by atoms with Crippen molar-refractivity contribution < 1.29 is 26.4 Å². The molecule has 0 aliphatic rings. The number of nitrogens with two attached hydrogens (primary N) is 1. The van der Waals surface area contributed by atoms with E-state index >= 15 is 0 Å². The SMILES string of the molecule is CC(C)[C@H](Nc1nc(CNS(=O)(=O)c2ccc(C(F)(F)F)cc2)nc2ccccc12)C(N)=O. The summed E-state index contributed by atoms with van der Waals surface area (Å²) < 4.78 is 65.6. The number of nitrogens with one attached hydrogen (secondary N) is 2. The third kappa shape index (κ3) is 5.76. The fraction of sp³-hybridized carbons (Fsp3) is 0.286. The van der Waals surface area contributed by atoms with Crippen LogP contribution in [-0.2, 0) is 27.5 Å². The minimum atomic E-state index is -4.57. The summed E-state index contributed by atoms with van der Waals surface area (Å²) in [7, 11) is -4.13. The monoisotopic (exact) mass is 481 g/mol. The highest BCUT2D eigenvalue weighted by Crippen LogP contribution is 2.29. The number of benzene rings is 2. The summed E-state index contributed by atoms with van der Waals surface area (Å²) in [6, 6.07) is 9.36. The number of anilines is 1. The molecule has 0 saturated carbocycles. The summed E-state index contributed by atoms with van der Waals surface area (Å²) >= 11 is 0. The number of para-hydroxylation sites is 1. The molecule has 0 aliphatic heterocycles. The second kappa shape index (κ2) is 9.32. The Morgan fingerprint density at radius 1 is 1.06 bits per heavy atom. The summed E-state index contributed by atoms with van der Waals surface area (Å²) in [5, 5.41) is 3.61. The topological polar surface area (TPSA) is 127 Å². The van der Waals surface area contributed by atoms with E-state index in [2.05, 4.69) is 20.0 Å². The fourth-order valence-corrected chi connectivity index (χ4v) is 4.07. The minimum Gasteiger partial charge on any atom is -0.368 e. The molecule has 33 heavy (non-hydrogen) atoms. The number of fused-ring (bicyclic) bond motifs is 1. The molecular weight excluding hydrogens is 459 g/mol. The smallest absolute Gasteiger partial charge is 0.368 e. The first-order chi connectivity index (χ1) is 15.4. The van der Waals surface area contributed by atoms with Gasteiger partial charge in [-0.15, -0.1) is 0 Å². The van der Waals surface area contributed by atoms with E-state index in [0.717, 1.165) is 12.1 Å². The molecule has 1 aromatic heterocycles. The molecule has 0 saturated heterocycles. The van der Waals surface area contributed by atoms with Crippen molar-refractivity contribution in [3.63, 3.8) is 0 Å². The van der Waals surface area contributed by atoms with E-state index in [1.54, 1.807) is 24.3 Å². The third-order valence-electron chi connectivity index (χ3n) is 4.83. The number of rotatable bonds is 8. The van der Waals surface area contributed by atoms with Crippen molar-refractivity contribution in [2.24, 2.45) is 11.7 Å². The van der Waals surface area contributed by atoms with Gasteiger partial charge in [0.25, 0.3) is 0 Å². The zero-order valence-corrected chi connectivity index (χ0v) is 18.5. The number of nitrogens with zero attached hydrogens (tertiary/aromatic N) is 2. The van der Waals surface area contributed by atoms with E-state index < -0.39 is 33.7 Å². The molecule has 12 heteroatoms. The molecule has 3 aromatic rings. The maximum absolute atomic E-state index is 12.7. The normalized spacial score (nSPS) is 13.3. The van der Waals surface area contributed by atoms with E-state index in [4.69, 9.17) is 5.73 Å². The van der Waals surface area contributed by atoms with Gasteiger partial charge in [-0.05, 0) is 42.3 Å². The van der Waals surface area contributed by atoms with E-state index in [-0.39, 0.29) is 23.2 Å². The van der Waals surface area contributed by atoms with Gasteiger partial charge in [0.1, 0.15) is 17.7 Å². The zero-order chi connectivity index (χ0) is 24.4. The van der Waals surface area contributed by atoms with Crippen LogP contribution in [0.3, 0.4) is 0 Å². The van der Waals surface area contributed by atoms with Gasteiger partial charge in [-0.2, -0.15) is 13.2 Å². The first-order valence-corrected chi connectivity index (χ1v) is 11.4. The molecule has 0 bridgehead atoms. The van der Waals surface area contributed by atoms with Crippen LogP contribution in [0.25, 0.3) is 10.9 Å². The van der Waals surface area contributed by atoms with Crippen molar-refractivity contribution in [3.8, 4) is 0 Å². The first kappa shape index (κ1) is 24.4. The first-order valence-electron chi connectivity index (χ1n) is 9.87. The average Bonchev–Trinajstić information content (AvgIpc) is 2.75. The van der Waals surface area contributed by atoms with Gasteiger partial charge < -0.3 is 11.1 Å². The maximum Gasteiger partial charge on any atom is 0.416 e. The molecule has 0 spiro atoms. The van der Waals surface area contributed by atoms with Crippen LogP contribution in [0, 0.1) is 5.92 Å². The molecule has 3 rings (SSSR count). The molecule has 0 radical (unpaired) electrons. The summed E-state index contributed by atoms with van der Waals surface area (Å²) in [6.45, 7) is 3.29. The molecule has 2 aromatic carbocycles. The van der Waals surface area contributed by atoms with Gasteiger partial charge >= 0.3 is 6.18 Å². The van der Waals surface area contributed by atoms with Crippen LogP contribution in [0.2, 0.25) is 0 Å². The second-order valence-corrected chi connectivity index (χ2v) is 9.39. The zero-order valence-electron chi connectivity index (χ0n) is 17.7. The number of amides is 1. The van der Waals surface area contributed by atoms with E-state index in [9.17, 15) is 26.4 Å². The molecule has 0 aliphatic carbocycles. The van der Waals surface area contributed by atoms with Crippen LogP contribution < -0.4 is 15.8 Å². The van der Waals surface area contributed by atoms with E-state index in [0.29, 0.717) is 28.9 Å². The van der Waals surface area contributed by atoms with Crippen molar-refractivity contribution in [1.29, 1.82) is 0 Å². The highest BCUT2D eigenvalue weighted by molar-refractivity contribution is 7.89. The van der Waals surface area contributed by atoms with Gasteiger partial charge in [0, 0.05) is 5.39 Å². The maximum atomic E-state index is 12.7. The Morgan fingerprint density at radius 3 is 2.27 bits per heavy atom. The van der Waals surface area contributed by atoms with E-state index in [1.165, 1.54) is 0 Å². The fourth-order valence-electron chi connectivity index (χ4n) is 3.09. The Bertz CT molecular complexity index is 1260. The standard InChI is InChI=1S/C21H22F3N5O3S/c1-12(2)18(19(25)30)29-20-15-5-3-4-6-16(15)27-17(28-20)11-26-33(31,32)14-9-7-13(8-10-14)21(22,23)24/h3-10,12,18,26H,11H2,1-2H3,(H2,25,30)(H,27,28,29)/t18-/m0/s1. The van der Waals surface area contributed by atoms with Gasteiger partial charge in [0.05, 0.1) is 22.5 Å². The Balaban J connectivity index is 1.88. The Labute approximate surface area is 188 Å². The number of halogens is 3. The van der Waals surface area contributed by atoms with Crippen LogP contribution in [0.5, 0.6) is 0 Å². The molecule has 1 atom stereocenters. The summed E-state index contributed by atoms with van der Waals surface area (Å²) in [6.07, 6.45) is -4.57. The number of hydrogen-bond donors (Lipinski definition) is 3. The minimum absolute atomic E-state index is 0.0960. The molecule has 0 unspecified atom stereocenters. The van der Waals surface area contributed by atoms with Crippen molar-refractivity contribution in [2.45, 2.75) is 37.5 Å². The Kier molecular flexibility index (Phi) is 6.89. The van der Waals surface area contributed by atoms with Gasteiger partial charge in [-0.3, -0.25) is 4.79 Å². The lowest BCUT2D eigenvalue weighted by atomic mass is 10.0. The summed E-state index contributed by atoms with van der Waals surface area (Å²) in [4.78, 5) is 20.2. The van der Waals surface area contributed by atoms with Crippen LogP contribution in [-0.4, -0.2) is 30.3 Å². The number of aromatic nitrogens is 2. The van der Waals surface area contributed by atoms with Gasteiger partial charge in [0.2, 0.25) is 15.9 Å². The van der Waals surface area contributed by atoms with Crippen molar-refractivity contribution in [1.82, 2.24) is 14.7 Å². The summed E-state index contributed by atoms with van der Waals surface area (Å²) in [5.41, 5.74) is 5.03. The number of primary amides is 1. The van der Waals surface area contributed by atoms with Gasteiger partial charge in [0.15, 0.2) is 0 Å². The lowest BCUT2D eigenvalue weighted by Gasteiger charge is -2.21. The third-order valence-corrected chi connectivity index (χ3v) is 6.24. The van der Waals surface area contributed by atoms with Gasteiger partial charge in [-0.1, -0.05) is 26.0 Å². The molecule has 1 amide bonds. The number of carbonyl (C=O) groups is 1. The van der Waals surface area contributed by atoms with Crippen molar-refractivity contribution in [2.75, 3.05) is 5.32 Å². The van der Waals surface area contributed by atoms with Crippen molar-refractivity contribution in [3.05, 3.63) is 59.9 Å². The summed E-state index contributed by atoms with van der Waals surface area (Å²) in [5.74, 6) is -0.310. The van der Waals surface area contributed by atoms with Crippen molar-refractivity contribution >= 4 is 32.7 Å². The highest BCUT2D eigenvalue weighted by atomic mass is 32.2. The molecule has 0 fully saturated rings. The van der Waals surface area contributed by atoms with Crippen LogP contribution in [0.15, 0.2) is 53.4 Å². The quantitative estimate of drug-likeness (QED) is 0.454. The second-order valence-electron chi connectivity index (χ2n) is 7.62. The molecule has 176 valence electrons. The predicted molar refractivity (Wildman–Crippen MR) is 116 cm³/mol. The number of alkyl halides is 3. The van der Waals surface area contributed by atoms with Gasteiger partial charge in [-0.25, -0.2) is 23.1 Å². The van der Waals surface area contributed by atoms with Crippen LogP contribution in [0.4, 0.5) is 19.0 Å². The molecular formula is C21H22F3N5O3S. The molecule has 8 nitrogen and oxygen atoms in total. The average molecular weight is 482 g/mol. The largest absolute Gasteiger partial charge is 0.416 e. The molecule has 4 N–H and O–H groups in total. The lowest BCUT2D eigenvalue weighted by molar-refractivity contribution is -0.137. The number of hydrogen-bond acceptors (Lipinski definition) is 6. The number of carbonyl (C=O) groups excluding carboxylic acids is 1. The predicted octanol–water partition coefficient (Wildman–Crippen LogP) is 3.05. The lowest BCUT2D eigenvalue weighted by Crippen LogP contribution is -2.40. The van der Waals surface area contributed by atoms with E-state index in [1.807, 2.05) is 13.8 Å². The molecule has 1 heterocycles. The van der Waals surface area contributed by atoms with Crippen LogP contribution in [0.1, 0.15) is 25.2 Å². The number of sulfonamides is 1. The Morgan fingerprint density at radius 2 is 1.70 bits per heavy atom. The van der Waals surface area contributed by atoms with Crippen LogP contribution >= 0.6 is 0 Å². The highest BCUT2D eigenvalue weighted by Gasteiger charge is 2.30. The Hall–Kier alpha value is -3.25.